The van der Waals surface area contributed by atoms with Crippen LogP contribution >= 0.6 is 0 Å². The van der Waals surface area contributed by atoms with Crippen LogP contribution in [0.5, 0.6) is 5.75 Å². The molecule has 0 spiro atoms. The number of carboxylic acids is 1. The SMILES string of the molecule is CCCCc1nc2ccc(Cc3ccc(OC(C(=O)O)c4ccccc4)cc3)cc2n1N(C)S(=O)(=O)c1ccc(C)cc1. The molecule has 0 fully saturated rings. The first-order chi connectivity index (χ1) is 20.7. The first-order valence-electron chi connectivity index (χ1n) is 14.3. The number of ether oxygens (including phenoxy) is 1. The molecule has 0 bridgehead atoms. The Morgan fingerprint density at radius 3 is 2.28 bits per heavy atom. The van der Waals surface area contributed by atoms with Gasteiger partial charge in [0.15, 0.2) is 0 Å². The lowest BCUT2D eigenvalue weighted by Gasteiger charge is -2.23. The fourth-order valence-electron chi connectivity index (χ4n) is 5.00. The highest BCUT2D eigenvalue weighted by Crippen LogP contribution is 2.26. The topological polar surface area (TPSA) is 102 Å². The van der Waals surface area contributed by atoms with Crippen LogP contribution in [0, 0.1) is 6.92 Å². The maximum atomic E-state index is 13.7. The van der Waals surface area contributed by atoms with Gasteiger partial charge in [-0.1, -0.05) is 79.6 Å². The van der Waals surface area contributed by atoms with E-state index in [-0.39, 0.29) is 4.90 Å². The van der Waals surface area contributed by atoms with E-state index in [1.54, 1.807) is 72.4 Å². The van der Waals surface area contributed by atoms with Gasteiger partial charge in [-0.25, -0.2) is 18.9 Å². The van der Waals surface area contributed by atoms with E-state index in [4.69, 9.17) is 9.72 Å². The van der Waals surface area contributed by atoms with E-state index in [1.165, 1.54) is 4.41 Å². The fraction of sp³-hybridized carbons (Fsp3) is 0.235. The van der Waals surface area contributed by atoms with Crippen molar-refractivity contribution >= 4 is 27.0 Å². The predicted octanol–water partition coefficient (Wildman–Crippen LogP) is 6.44. The van der Waals surface area contributed by atoms with Gasteiger partial charge in [0, 0.05) is 19.0 Å². The van der Waals surface area contributed by atoms with Crippen LogP contribution in [0.3, 0.4) is 0 Å². The Bertz CT molecular complexity index is 1820. The fourth-order valence-corrected chi connectivity index (χ4v) is 6.18. The van der Waals surface area contributed by atoms with Crippen molar-refractivity contribution in [1.29, 1.82) is 0 Å². The number of sulfonamides is 1. The summed E-state index contributed by atoms with van der Waals surface area (Å²) >= 11 is 0. The highest BCUT2D eigenvalue weighted by molar-refractivity contribution is 7.92. The molecule has 1 aromatic heterocycles. The summed E-state index contributed by atoms with van der Waals surface area (Å²) < 4.78 is 36.1. The summed E-state index contributed by atoms with van der Waals surface area (Å²) in [6, 6.07) is 28.9. The molecule has 9 heteroatoms. The van der Waals surface area contributed by atoms with Gasteiger partial charge in [0.05, 0.1) is 15.9 Å². The van der Waals surface area contributed by atoms with Crippen LogP contribution in [0.15, 0.2) is 102 Å². The number of fused-ring (bicyclic) bond motifs is 1. The average molecular weight is 598 g/mol. The predicted molar refractivity (Wildman–Crippen MR) is 168 cm³/mol. The minimum Gasteiger partial charge on any atom is -0.478 e. The number of imidazole rings is 1. The zero-order valence-electron chi connectivity index (χ0n) is 24.5. The van der Waals surface area contributed by atoms with Crippen molar-refractivity contribution in [3.05, 3.63) is 125 Å². The van der Waals surface area contributed by atoms with Gasteiger partial charge in [0.25, 0.3) is 10.0 Å². The minimum atomic E-state index is -3.83. The molecule has 43 heavy (non-hydrogen) atoms. The van der Waals surface area contributed by atoms with Crippen LogP contribution in [0.4, 0.5) is 0 Å². The summed E-state index contributed by atoms with van der Waals surface area (Å²) in [6.07, 6.45) is 1.97. The smallest absolute Gasteiger partial charge is 0.349 e. The Balaban J connectivity index is 1.42. The van der Waals surface area contributed by atoms with Gasteiger partial charge >= 0.3 is 5.97 Å². The van der Waals surface area contributed by atoms with Gasteiger partial charge in [0.2, 0.25) is 6.10 Å². The Labute approximate surface area is 252 Å². The first-order valence-corrected chi connectivity index (χ1v) is 15.7. The number of nitrogens with zero attached hydrogens (tertiary/aromatic N) is 3. The van der Waals surface area contributed by atoms with E-state index in [0.29, 0.717) is 35.5 Å². The van der Waals surface area contributed by atoms with Gasteiger partial charge < -0.3 is 9.84 Å². The third-order valence-electron chi connectivity index (χ3n) is 7.38. The summed E-state index contributed by atoms with van der Waals surface area (Å²) in [5, 5.41) is 9.69. The molecule has 0 saturated heterocycles. The van der Waals surface area contributed by atoms with Crippen LogP contribution in [0.25, 0.3) is 11.0 Å². The van der Waals surface area contributed by atoms with E-state index in [9.17, 15) is 18.3 Å². The molecule has 5 rings (SSSR count). The van der Waals surface area contributed by atoms with Gasteiger partial charge in [-0.15, -0.1) is 0 Å². The van der Waals surface area contributed by atoms with Crippen LogP contribution in [-0.4, -0.2) is 36.2 Å². The van der Waals surface area contributed by atoms with Crippen molar-refractivity contribution in [2.45, 2.75) is 50.5 Å². The van der Waals surface area contributed by atoms with Crippen molar-refractivity contribution in [1.82, 2.24) is 9.66 Å². The number of carboxylic acid groups (broad SMARTS) is 1. The molecule has 0 aliphatic heterocycles. The molecule has 1 N–H and O–H groups in total. The molecule has 1 atom stereocenters. The molecule has 0 aliphatic carbocycles. The molecule has 1 unspecified atom stereocenters. The zero-order chi connectivity index (χ0) is 30.6. The number of unbranched alkanes of at least 4 members (excludes halogenated alkanes) is 1. The van der Waals surface area contributed by atoms with Crippen molar-refractivity contribution in [3.63, 3.8) is 0 Å². The van der Waals surface area contributed by atoms with Gasteiger partial charge in [-0.3, -0.25) is 0 Å². The minimum absolute atomic E-state index is 0.222. The number of carbonyl (C=O) groups is 1. The molecule has 8 nitrogen and oxygen atoms in total. The molecular formula is C34H35N3O5S. The zero-order valence-corrected chi connectivity index (χ0v) is 25.3. The number of benzene rings is 4. The normalized spacial score (nSPS) is 12.3. The number of aliphatic carboxylic acids is 1. The quantitative estimate of drug-likeness (QED) is 0.178. The van der Waals surface area contributed by atoms with Crippen molar-refractivity contribution < 1.29 is 23.1 Å². The number of aryl methyl sites for hydroxylation is 2. The van der Waals surface area contributed by atoms with E-state index in [1.807, 2.05) is 43.3 Å². The standard InChI is InChI=1S/C34H35N3O5S/c1-4-5-11-32-35-30-21-16-26(23-31(30)37(32)36(3)43(40,41)29-19-12-24(2)13-20-29)22-25-14-17-28(18-15-25)42-33(34(38)39)27-9-7-6-8-10-27/h6-10,12-21,23,33H,4-5,11,22H2,1-3H3,(H,38,39). The highest BCUT2D eigenvalue weighted by Gasteiger charge is 2.26. The number of aromatic nitrogens is 2. The highest BCUT2D eigenvalue weighted by atomic mass is 32.2. The number of hydrogen-bond donors (Lipinski definition) is 1. The third-order valence-corrected chi connectivity index (χ3v) is 9.10. The molecule has 0 aliphatic rings. The van der Waals surface area contributed by atoms with Crippen molar-refractivity contribution in [3.8, 4) is 5.75 Å². The van der Waals surface area contributed by atoms with E-state index >= 15 is 0 Å². The molecule has 0 radical (unpaired) electrons. The maximum Gasteiger partial charge on any atom is 0.349 e. The molecule has 5 aromatic rings. The second-order valence-corrected chi connectivity index (χ2v) is 12.5. The lowest BCUT2D eigenvalue weighted by Crippen LogP contribution is -2.37. The molecular weight excluding hydrogens is 562 g/mol. The number of hydrogen-bond acceptors (Lipinski definition) is 5. The van der Waals surface area contributed by atoms with Crippen molar-refractivity contribution in [2.24, 2.45) is 0 Å². The van der Waals surface area contributed by atoms with Crippen LogP contribution in [-0.2, 0) is 27.7 Å². The maximum absolute atomic E-state index is 13.7. The van der Waals surface area contributed by atoms with Crippen LogP contribution in [0.2, 0.25) is 0 Å². The average Bonchev–Trinajstić information content (AvgIpc) is 3.37. The molecule has 0 amide bonds. The monoisotopic (exact) mass is 597 g/mol. The van der Waals surface area contributed by atoms with Crippen LogP contribution in [0.1, 0.15) is 53.9 Å². The van der Waals surface area contributed by atoms with E-state index in [2.05, 4.69) is 6.92 Å². The molecule has 4 aromatic carbocycles. The van der Waals surface area contributed by atoms with Gasteiger partial charge in [-0.05, 0) is 67.3 Å². The second kappa shape index (κ2) is 12.7. The Morgan fingerprint density at radius 2 is 1.63 bits per heavy atom. The molecule has 222 valence electrons. The Kier molecular flexibility index (Phi) is 8.82. The first kappa shape index (κ1) is 29.8. The number of rotatable bonds is 12. The lowest BCUT2D eigenvalue weighted by atomic mass is 10.0. The van der Waals surface area contributed by atoms with Gasteiger partial charge in [-0.2, -0.15) is 8.42 Å². The van der Waals surface area contributed by atoms with Gasteiger partial charge in [0.1, 0.15) is 11.6 Å². The Hall–Kier alpha value is -4.63. The molecule has 0 saturated carbocycles. The van der Waals surface area contributed by atoms with E-state index in [0.717, 1.165) is 35.0 Å². The summed E-state index contributed by atoms with van der Waals surface area (Å²) in [5.74, 6) is 0.0879. The third kappa shape index (κ3) is 6.57. The second-order valence-electron chi connectivity index (χ2n) is 10.6. The summed E-state index contributed by atoms with van der Waals surface area (Å²) in [7, 11) is -2.26. The van der Waals surface area contributed by atoms with Crippen LogP contribution < -0.4 is 9.15 Å². The lowest BCUT2D eigenvalue weighted by molar-refractivity contribution is -0.145. The molecule has 1 heterocycles. The largest absolute Gasteiger partial charge is 0.478 e. The van der Waals surface area contributed by atoms with E-state index < -0.39 is 22.1 Å². The summed E-state index contributed by atoms with van der Waals surface area (Å²) in [4.78, 5) is 16.9. The van der Waals surface area contributed by atoms with Crippen molar-refractivity contribution in [2.75, 3.05) is 11.5 Å². The summed E-state index contributed by atoms with van der Waals surface area (Å²) in [6.45, 7) is 4.02. The Morgan fingerprint density at radius 1 is 0.953 bits per heavy atom. The summed E-state index contributed by atoms with van der Waals surface area (Å²) in [5.41, 5.74) is 4.98.